The van der Waals surface area contributed by atoms with Crippen molar-refractivity contribution in [3.63, 3.8) is 0 Å². The normalized spacial score (nSPS) is 11.0. The highest BCUT2D eigenvalue weighted by molar-refractivity contribution is 9.10. The monoisotopic (exact) mass is 460 g/mol. The van der Waals surface area contributed by atoms with Crippen molar-refractivity contribution in [3.05, 3.63) is 62.2 Å². The van der Waals surface area contributed by atoms with Gasteiger partial charge in [-0.1, -0.05) is 17.3 Å². The van der Waals surface area contributed by atoms with Crippen molar-refractivity contribution in [1.29, 1.82) is 0 Å². The first-order valence-corrected chi connectivity index (χ1v) is 10.2. The van der Waals surface area contributed by atoms with Crippen LogP contribution in [0.4, 0.5) is 0 Å². The minimum Gasteiger partial charge on any atom is -0.488 e. The van der Waals surface area contributed by atoms with Crippen LogP contribution in [0.5, 0.6) is 5.75 Å². The number of ether oxygens (including phenoxy) is 1. The van der Waals surface area contributed by atoms with Crippen LogP contribution in [-0.2, 0) is 13.2 Å². The minimum atomic E-state index is -0.290. The lowest BCUT2D eigenvalue weighted by Gasteiger charge is -2.10. The van der Waals surface area contributed by atoms with E-state index in [2.05, 4.69) is 31.5 Å². The third-order valence-electron chi connectivity index (χ3n) is 4.82. The Labute approximate surface area is 178 Å². The van der Waals surface area contributed by atoms with Gasteiger partial charge < -0.3 is 14.6 Å². The van der Waals surface area contributed by atoms with Gasteiger partial charge >= 0.3 is 0 Å². The van der Waals surface area contributed by atoms with Gasteiger partial charge in [0, 0.05) is 12.2 Å². The number of aromatic nitrogens is 3. The van der Waals surface area contributed by atoms with E-state index in [-0.39, 0.29) is 18.2 Å². The average Bonchev–Trinajstić information content (AvgIpc) is 3.17. The van der Waals surface area contributed by atoms with Crippen LogP contribution in [0.1, 0.15) is 44.3 Å². The molecule has 0 aliphatic carbocycles. The summed E-state index contributed by atoms with van der Waals surface area (Å²) >= 11 is 3.51. The van der Waals surface area contributed by atoms with E-state index in [4.69, 9.17) is 9.26 Å². The molecule has 0 saturated carbocycles. The Morgan fingerprint density at radius 3 is 2.69 bits per heavy atom. The molecule has 1 N–H and O–H groups in total. The summed E-state index contributed by atoms with van der Waals surface area (Å²) in [5.41, 5.74) is 5.00. The maximum absolute atomic E-state index is 12.6. The molecule has 1 amide bonds. The van der Waals surface area contributed by atoms with Crippen LogP contribution < -0.4 is 10.1 Å². The molecular weight excluding hydrogens is 436 g/mol. The summed E-state index contributed by atoms with van der Waals surface area (Å²) in [7, 11) is 0. The summed E-state index contributed by atoms with van der Waals surface area (Å²) in [5, 5.41) is 11.3. The number of nitrogens with one attached hydrogen (secondary N) is 1. The molecule has 0 saturated heterocycles. The summed E-state index contributed by atoms with van der Waals surface area (Å²) in [6.45, 7) is 10.9. The molecule has 0 radical (unpaired) electrons. The van der Waals surface area contributed by atoms with Crippen LogP contribution >= 0.6 is 15.9 Å². The molecule has 0 aliphatic heterocycles. The molecular formula is C21H25BrN4O3. The van der Waals surface area contributed by atoms with E-state index in [1.807, 2.05) is 50.6 Å². The van der Waals surface area contributed by atoms with Crippen molar-refractivity contribution >= 4 is 21.8 Å². The molecule has 0 unspecified atom stereocenters. The Morgan fingerprint density at radius 1 is 1.24 bits per heavy atom. The molecule has 0 fully saturated rings. The Morgan fingerprint density at radius 2 is 2.00 bits per heavy atom. The van der Waals surface area contributed by atoms with Crippen LogP contribution in [0.2, 0.25) is 0 Å². The SMILES string of the molecule is Cc1ccc(C)c(OCc2c(C(=O)NCCn3nc(C)c(Br)c3C)noc2C)c1. The number of benzene rings is 1. The zero-order chi connectivity index (χ0) is 21.1. The maximum Gasteiger partial charge on any atom is 0.273 e. The van der Waals surface area contributed by atoms with E-state index in [1.54, 1.807) is 6.92 Å². The highest BCUT2D eigenvalue weighted by atomic mass is 79.9. The van der Waals surface area contributed by atoms with E-state index in [0.717, 1.165) is 32.7 Å². The van der Waals surface area contributed by atoms with Crippen molar-refractivity contribution in [2.75, 3.05) is 6.54 Å². The largest absolute Gasteiger partial charge is 0.488 e. The van der Waals surface area contributed by atoms with E-state index >= 15 is 0 Å². The van der Waals surface area contributed by atoms with Gasteiger partial charge in [0.15, 0.2) is 5.69 Å². The van der Waals surface area contributed by atoms with Gasteiger partial charge in [-0.15, -0.1) is 0 Å². The molecule has 1 aromatic carbocycles. The van der Waals surface area contributed by atoms with E-state index in [0.29, 0.717) is 24.4 Å². The number of hydrogen-bond acceptors (Lipinski definition) is 5. The summed E-state index contributed by atoms with van der Waals surface area (Å²) in [4.78, 5) is 12.6. The average molecular weight is 461 g/mol. The van der Waals surface area contributed by atoms with Crippen LogP contribution in [-0.4, -0.2) is 27.4 Å². The second-order valence-corrected chi connectivity index (χ2v) is 7.88. The van der Waals surface area contributed by atoms with Crippen LogP contribution in [0.25, 0.3) is 0 Å². The first-order chi connectivity index (χ1) is 13.8. The fraction of sp³-hybridized carbons (Fsp3) is 0.381. The summed E-state index contributed by atoms with van der Waals surface area (Å²) in [5.74, 6) is 1.07. The van der Waals surface area contributed by atoms with E-state index < -0.39 is 0 Å². The number of halogens is 1. The second kappa shape index (κ2) is 8.82. The predicted molar refractivity (Wildman–Crippen MR) is 113 cm³/mol. The highest BCUT2D eigenvalue weighted by Crippen LogP contribution is 2.23. The van der Waals surface area contributed by atoms with Gasteiger partial charge in [-0.3, -0.25) is 9.48 Å². The topological polar surface area (TPSA) is 82.2 Å². The van der Waals surface area contributed by atoms with E-state index in [1.165, 1.54) is 0 Å². The lowest BCUT2D eigenvalue weighted by atomic mass is 10.1. The number of rotatable bonds is 7. The summed E-state index contributed by atoms with van der Waals surface area (Å²) < 4.78 is 14.0. The molecule has 3 aromatic rings. The third kappa shape index (κ3) is 4.70. The number of aryl methyl sites for hydroxylation is 4. The third-order valence-corrected chi connectivity index (χ3v) is 5.97. The molecule has 2 heterocycles. The Hall–Kier alpha value is -2.61. The molecule has 154 valence electrons. The maximum atomic E-state index is 12.6. The zero-order valence-electron chi connectivity index (χ0n) is 17.3. The Kier molecular flexibility index (Phi) is 6.42. The Bertz CT molecular complexity index is 1040. The van der Waals surface area contributed by atoms with Gasteiger partial charge in [-0.25, -0.2) is 0 Å². The zero-order valence-corrected chi connectivity index (χ0v) is 18.9. The lowest BCUT2D eigenvalue weighted by Crippen LogP contribution is -2.29. The van der Waals surface area contributed by atoms with E-state index in [9.17, 15) is 4.79 Å². The van der Waals surface area contributed by atoms with Gasteiger partial charge in [0.1, 0.15) is 18.1 Å². The van der Waals surface area contributed by atoms with Crippen molar-refractivity contribution in [2.24, 2.45) is 0 Å². The predicted octanol–water partition coefficient (Wildman–Crippen LogP) is 4.18. The van der Waals surface area contributed by atoms with Crippen molar-refractivity contribution in [2.45, 2.75) is 47.8 Å². The molecule has 7 nitrogen and oxygen atoms in total. The molecule has 2 aromatic heterocycles. The molecule has 0 atom stereocenters. The molecule has 8 heteroatoms. The lowest BCUT2D eigenvalue weighted by molar-refractivity contribution is 0.0940. The second-order valence-electron chi connectivity index (χ2n) is 7.09. The summed E-state index contributed by atoms with van der Waals surface area (Å²) in [6, 6.07) is 6.02. The van der Waals surface area contributed by atoms with Gasteiger partial charge in [-0.2, -0.15) is 5.10 Å². The first kappa shape index (κ1) is 21.1. The van der Waals surface area contributed by atoms with Crippen molar-refractivity contribution in [1.82, 2.24) is 20.3 Å². The number of hydrogen-bond donors (Lipinski definition) is 1. The molecule has 0 bridgehead atoms. The quantitative estimate of drug-likeness (QED) is 0.571. The molecule has 3 rings (SSSR count). The number of carbonyl (C=O) groups is 1. The summed E-state index contributed by atoms with van der Waals surface area (Å²) in [6.07, 6.45) is 0. The number of amides is 1. The smallest absolute Gasteiger partial charge is 0.273 e. The number of carbonyl (C=O) groups excluding carboxylic acids is 1. The van der Waals surface area contributed by atoms with Crippen molar-refractivity contribution in [3.8, 4) is 5.75 Å². The minimum absolute atomic E-state index is 0.215. The highest BCUT2D eigenvalue weighted by Gasteiger charge is 2.20. The van der Waals surface area contributed by atoms with Gasteiger partial charge in [-0.05, 0) is 67.7 Å². The van der Waals surface area contributed by atoms with Crippen LogP contribution in [0.3, 0.4) is 0 Å². The van der Waals surface area contributed by atoms with Gasteiger partial charge in [0.2, 0.25) is 0 Å². The Balaban J connectivity index is 1.64. The molecule has 0 spiro atoms. The van der Waals surface area contributed by atoms with Crippen LogP contribution in [0, 0.1) is 34.6 Å². The molecule has 29 heavy (non-hydrogen) atoms. The van der Waals surface area contributed by atoms with Crippen molar-refractivity contribution < 1.29 is 14.1 Å². The fourth-order valence-electron chi connectivity index (χ4n) is 3.00. The van der Waals surface area contributed by atoms with Gasteiger partial charge in [0.05, 0.1) is 22.3 Å². The molecule has 0 aliphatic rings. The first-order valence-electron chi connectivity index (χ1n) is 9.40. The fourth-order valence-corrected chi connectivity index (χ4v) is 3.29. The number of nitrogens with zero attached hydrogens (tertiary/aromatic N) is 3. The van der Waals surface area contributed by atoms with Crippen LogP contribution in [0.15, 0.2) is 27.2 Å². The standard InChI is InChI=1S/C21H25BrN4O3/c1-12-6-7-13(2)18(10-12)28-11-17-16(5)29-25-20(17)21(27)23-8-9-26-15(4)19(22)14(3)24-26/h6-7,10H,8-9,11H2,1-5H3,(H,23,27). The van der Waals surface area contributed by atoms with Gasteiger partial charge in [0.25, 0.3) is 5.91 Å².